The number of aromatic nitrogens is 2. The summed E-state index contributed by atoms with van der Waals surface area (Å²) in [5.41, 5.74) is 4.14. The summed E-state index contributed by atoms with van der Waals surface area (Å²) in [6.07, 6.45) is 3.58. The van der Waals surface area contributed by atoms with Crippen LogP contribution < -0.4 is 16.6 Å². The lowest BCUT2D eigenvalue weighted by Gasteiger charge is -2.45. The number of nitrogens with zero attached hydrogens (tertiary/aromatic N) is 2. The van der Waals surface area contributed by atoms with E-state index in [1.165, 1.54) is 6.42 Å². The Labute approximate surface area is 121 Å². The number of nitrogens with one attached hydrogen (secondary N) is 2. The van der Waals surface area contributed by atoms with Gasteiger partial charge in [-0.15, -0.1) is 0 Å². The van der Waals surface area contributed by atoms with Gasteiger partial charge in [0.05, 0.1) is 0 Å². The van der Waals surface area contributed by atoms with E-state index in [9.17, 15) is 0 Å². The van der Waals surface area contributed by atoms with E-state index in [0.29, 0.717) is 22.8 Å². The fourth-order valence-corrected chi connectivity index (χ4v) is 3.86. The van der Waals surface area contributed by atoms with Crippen molar-refractivity contribution in [3.63, 3.8) is 0 Å². The minimum atomic E-state index is 0.358. The van der Waals surface area contributed by atoms with Crippen molar-refractivity contribution >= 4 is 11.8 Å². The molecule has 1 aromatic rings. The maximum Gasteiger partial charge on any atom is 0.239 e. The van der Waals surface area contributed by atoms with E-state index < -0.39 is 0 Å². The quantitative estimate of drug-likeness (QED) is 0.584. The van der Waals surface area contributed by atoms with Gasteiger partial charge >= 0.3 is 0 Å². The van der Waals surface area contributed by atoms with Crippen LogP contribution in [-0.2, 0) is 0 Å². The van der Waals surface area contributed by atoms with E-state index in [-0.39, 0.29) is 0 Å². The van der Waals surface area contributed by atoms with Crippen LogP contribution in [0.1, 0.15) is 52.7 Å². The van der Waals surface area contributed by atoms with Crippen LogP contribution in [0.3, 0.4) is 0 Å². The van der Waals surface area contributed by atoms with Crippen LogP contribution in [0.2, 0.25) is 0 Å². The molecule has 4 N–H and O–H groups in total. The smallest absolute Gasteiger partial charge is 0.239 e. The first-order chi connectivity index (χ1) is 9.19. The molecule has 1 fully saturated rings. The van der Waals surface area contributed by atoms with Gasteiger partial charge in [-0.3, -0.25) is 5.43 Å². The molecule has 0 aromatic carbocycles. The number of rotatable bonds is 3. The Hall–Kier alpha value is -1.36. The van der Waals surface area contributed by atoms with Crippen LogP contribution in [0, 0.1) is 17.8 Å². The Kier molecular flexibility index (Phi) is 3.91. The highest BCUT2D eigenvalue weighted by Gasteiger charge is 2.38. The van der Waals surface area contributed by atoms with E-state index in [1.807, 2.05) is 13.0 Å². The zero-order chi connectivity index (χ0) is 15.0. The van der Waals surface area contributed by atoms with Crippen molar-refractivity contribution < 1.29 is 0 Å². The predicted molar refractivity (Wildman–Crippen MR) is 83.4 cm³/mol. The molecule has 0 unspecified atom stereocenters. The summed E-state index contributed by atoms with van der Waals surface area (Å²) in [5.74, 6) is 6.72. The second kappa shape index (κ2) is 5.20. The van der Waals surface area contributed by atoms with Crippen LogP contribution in [0.25, 0.3) is 0 Å². The molecule has 1 aliphatic carbocycles. The lowest BCUT2D eigenvalue weighted by Crippen LogP contribution is -2.40. The van der Waals surface area contributed by atoms with Crippen molar-refractivity contribution in [3.8, 4) is 0 Å². The van der Waals surface area contributed by atoms with Crippen molar-refractivity contribution in [3.05, 3.63) is 11.8 Å². The highest BCUT2D eigenvalue weighted by molar-refractivity contribution is 5.42. The van der Waals surface area contributed by atoms with Gasteiger partial charge in [0.25, 0.3) is 0 Å². The molecule has 0 bridgehead atoms. The van der Waals surface area contributed by atoms with Crippen LogP contribution in [-0.4, -0.2) is 16.0 Å². The monoisotopic (exact) mass is 277 g/mol. The molecular weight excluding hydrogens is 250 g/mol. The van der Waals surface area contributed by atoms with E-state index in [0.717, 1.165) is 24.4 Å². The molecule has 20 heavy (non-hydrogen) atoms. The number of hydrogen-bond donors (Lipinski definition) is 3. The Morgan fingerprint density at radius 3 is 2.30 bits per heavy atom. The average molecular weight is 277 g/mol. The third-order valence-electron chi connectivity index (χ3n) is 3.89. The normalized spacial score (nSPS) is 21.5. The summed E-state index contributed by atoms with van der Waals surface area (Å²) in [4.78, 5) is 8.60. The molecule has 5 nitrogen and oxygen atoms in total. The van der Waals surface area contributed by atoms with Gasteiger partial charge in [0.1, 0.15) is 5.82 Å². The molecule has 5 heteroatoms. The standard InChI is InChI=1S/C15H27N5/c1-10-6-12(19-13(17-10)20-16)18-11-7-14(2,3)9-15(4,5)8-11/h6,11H,7-9,16H2,1-5H3,(H2,17,18,19,20). The summed E-state index contributed by atoms with van der Waals surface area (Å²) in [5, 5.41) is 3.56. The lowest BCUT2D eigenvalue weighted by molar-refractivity contribution is 0.105. The molecule has 0 radical (unpaired) electrons. The van der Waals surface area contributed by atoms with Gasteiger partial charge < -0.3 is 5.32 Å². The second-order valence-electron chi connectivity index (χ2n) is 7.62. The molecule has 112 valence electrons. The van der Waals surface area contributed by atoms with Gasteiger partial charge in [0, 0.05) is 17.8 Å². The number of nitrogen functional groups attached to an aromatic ring is 1. The summed E-state index contributed by atoms with van der Waals surface area (Å²) in [6, 6.07) is 2.41. The molecule has 0 atom stereocenters. The Bertz CT molecular complexity index is 465. The largest absolute Gasteiger partial charge is 0.367 e. The zero-order valence-electron chi connectivity index (χ0n) is 13.2. The predicted octanol–water partition coefficient (Wildman–Crippen LogP) is 3.09. The summed E-state index contributed by atoms with van der Waals surface area (Å²) >= 11 is 0. The molecule has 1 aliphatic rings. The van der Waals surface area contributed by atoms with Crippen LogP contribution >= 0.6 is 0 Å². The topological polar surface area (TPSA) is 75.9 Å². The fourth-order valence-electron chi connectivity index (χ4n) is 3.86. The average Bonchev–Trinajstić information content (AvgIpc) is 2.23. The zero-order valence-corrected chi connectivity index (χ0v) is 13.2. The van der Waals surface area contributed by atoms with Crippen LogP contribution in [0.5, 0.6) is 0 Å². The van der Waals surface area contributed by atoms with Gasteiger partial charge in [0.2, 0.25) is 5.95 Å². The first kappa shape index (κ1) is 15.0. The van der Waals surface area contributed by atoms with Gasteiger partial charge in [-0.25, -0.2) is 10.8 Å². The van der Waals surface area contributed by atoms with E-state index >= 15 is 0 Å². The van der Waals surface area contributed by atoms with Gasteiger partial charge in [0.15, 0.2) is 0 Å². The third kappa shape index (κ3) is 3.82. The Morgan fingerprint density at radius 1 is 1.15 bits per heavy atom. The molecule has 0 amide bonds. The fraction of sp³-hybridized carbons (Fsp3) is 0.733. The van der Waals surface area contributed by atoms with Crippen molar-refractivity contribution in [1.82, 2.24) is 9.97 Å². The maximum absolute atomic E-state index is 5.40. The van der Waals surface area contributed by atoms with Crippen molar-refractivity contribution in [2.24, 2.45) is 16.7 Å². The molecule has 1 aromatic heterocycles. The highest BCUT2D eigenvalue weighted by Crippen LogP contribution is 2.46. The van der Waals surface area contributed by atoms with Crippen molar-refractivity contribution in [2.45, 2.75) is 59.9 Å². The number of aryl methyl sites for hydroxylation is 1. The molecule has 0 saturated heterocycles. The van der Waals surface area contributed by atoms with Gasteiger partial charge in [-0.05, 0) is 37.0 Å². The highest BCUT2D eigenvalue weighted by atomic mass is 15.3. The first-order valence-corrected chi connectivity index (χ1v) is 7.28. The molecule has 2 rings (SSSR count). The number of anilines is 2. The number of nitrogens with two attached hydrogens (primary N) is 1. The second-order valence-corrected chi connectivity index (χ2v) is 7.62. The van der Waals surface area contributed by atoms with E-state index in [1.54, 1.807) is 0 Å². The Balaban J connectivity index is 2.15. The molecule has 0 aliphatic heterocycles. The number of hydrogen-bond acceptors (Lipinski definition) is 5. The van der Waals surface area contributed by atoms with Crippen LogP contribution in [0.4, 0.5) is 11.8 Å². The maximum atomic E-state index is 5.40. The first-order valence-electron chi connectivity index (χ1n) is 7.28. The summed E-state index contributed by atoms with van der Waals surface area (Å²) in [7, 11) is 0. The van der Waals surface area contributed by atoms with Gasteiger partial charge in [-0.1, -0.05) is 27.7 Å². The Morgan fingerprint density at radius 2 is 1.75 bits per heavy atom. The van der Waals surface area contributed by atoms with Crippen LogP contribution in [0.15, 0.2) is 6.07 Å². The van der Waals surface area contributed by atoms with Crippen molar-refractivity contribution in [2.75, 3.05) is 10.7 Å². The summed E-state index contributed by atoms with van der Waals surface area (Å²) < 4.78 is 0. The lowest BCUT2D eigenvalue weighted by atomic mass is 9.63. The van der Waals surface area contributed by atoms with E-state index in [2.05, 4.69) is 48.4 Å². The minimum Gasteiger partial charge on any atom is -0.367 e. The molecule has 1 saturated carbocycles. The minimum absolute atomic E-state index is 0.358. The molecule has 1 heterocycles. The molecular formula is C15H27N5. The third-order valence-corrected chi connectivity index (χ3v) is 3.89. The molecule has 0 spiro atoms. The van der Waals surface area contributed by atoms with E-state index in [4.69, 9.17) is 5.84 Å². The summed E-state index contributed by atoms with van der Waals surface area (Å²) in [6.45, 7) is 11.3. The SMILES string of the molecule is Cc1cc(NC2CC(C)(C)CC(C)(C)C2)nc(NN)n1. The van der Waals surface area contributed by atoms with Crippen molar-refractivity contribution in [1.29, 1.82) is 0 Å². The number of hydrazine groups is 1. The van der Waals surface area contributed by atoms with Gasteiger partial charge in [-0.2, -0.15) is 4.98 Å².